The quantitative estimate of drug-likeness (QED) is 0.661. The number of carboxylic acid groups (broad SMARTS) is 1. The molecule has 0 radical (unpaired) electrons. The first-order valence-corrected chi connectivity index (χ1v) is 6.85. The van der Waals surface area contributed by atoms with Crippen LogP contribution in [0.15, 0.2) is 12.4 Å². The Hall–Kier alpha value is -2.05. The van der Waals surface area contributed by atoms with Crippen molar-refractivity contribution in [2.75, 3.05) is 11.9 Å². The Bertz CT molecular complexity index is 452. The summed E-state index contributed by atoms with van der Waals surface area (Å²) in [6.07, 6.45) is 8.09. The Kier molecular flexibility index (Phi) is 4.60. The van der Waals surface area contributed by atoms with E-state index in [1.165, 1.54) is 6.20 Å². The number of nitrogens with one attached hydrogen (secondary N) is 3. The van der Waals surface area contributed by atoms with Crippen LogP contribution >= 0.6 is 0 Å². The zero-order chi connectivity index (χ0) is 14.4. The number of nitrogens with zero attached hydrogens (tertiary/aromatic N) is 1. The zero-order valence-corrected chi connectivity index (χ0v) is 11.3. The van der Waals surface area contributed by atoms with Gasteiger partial charge in [0, 0.05) is 12.7 Å². The number of hydrogen-bond donors (Lipinski definition) is 4. The van der Waals surface area contributed by atoms with Gasteiger partial charge in [-0.15, -0.1) is 0 Å². The molecule has 1 heterocycles. The number of carboxylic acids is 1. The molecule has 4 N–H and O–H groups in total. The summed E-state index contributed by atoms with van der Waals surface area (Å²) < 4.78 is 0. The van der Waals surface area contributed by atoms with Crippen LogP contribution in [0.4, 0.5) is 10.5 Å². The number of hydrogen-bond acceptors (Lipinski definition) is 3. The van der Waals surface area contributed by atoms with Crippen LogP contribution < -0.4 is 10.6 Å². The van der Waals surface area contributed by atoms with Gasteiger partial charge in [-0.05, 0) is 18.3 Å². The molecule has 2 amide bonds. The van der Waals surface area contributed by atoms with E-state index in [0.29, 0.717) is 12.2 Å². The number of aromatic nitrogens is 2. The summed E-state index contributed by atoms with van der Waals surface area (Å²) in [5.74, 6) is -0.802. The Balaban J connectivity index is 1.87. The van der Waals surface area contributed by atoms with Gasteiger partial charge in [0.05, 0.1) is 18.3 Å². The lowest BCUT2D eigenvalue weighted by Crippen LogP contribution is -2.42. The number of aliphatic carboxylic acids is 1. The Morgan fingerprint density at radius 2 is 2.10 bits per heavy atom. The van der Waals surface area contributed by atoms with Crippen molar-refractivity contribution < 1.29 is 14.7 Å². The van der Waals surface area contributed by atoms with Crippen molar-refractivity contribution in [3.63, 3.8) is 0 Å². The lowest BCUT2D eigenvalue weighted by Gasteiger charge is -2.36. The first-order chi connectivity index (χ1) is 9.60. The third-order valence-electron chi connectivity index (χ3n) is 3.82. The van der Waals surface area contributed by atoms with Gasteiger partial charge in [0.2, 0.25) is 0 Å². The standard InChI is InChI=1S/C13H20N4O3/c18-11(19)6-13(4-2-1-3-5-13)9-14-12(20)17-10-7-15-16-8-10/h7-8H,1-6,9H2,(H,15,16)(H,18,19)(H2,14,17,20). The van der Waals surface area contributed by atoms with E-state index in [2.05, 4.69) is 20.8 Å². The molecule has 2 rings (SSSR count). The van der Waals surface area contributed by atoms with Crippen LogP contribution in [0.5, 0.6) is 0 Å². The highest BCUT2D eigenvalue weighted by Gasteiger charge is 2.34. The molecule has 0 aromatic carbocycles. The first kappa shape index (κ1) is 14.4. The van der Waals surface area contributed by atoms with Crippen LogP contribution in [0.25, 0.3) is 0 Å². The zero-order valence-electron chi connectivity index (χ0n) is 11.3. The van der Waals surface area contributed by atoms with E-state index in [9.17, 15) is 9.59 Å². The normalized spacial score (nSPS) is 17.4. The third kappa shape index (κ3) is 3.97. The van der Waals surface area contributed by atoms with E-state index in [1.54, 1.807) is 6.20 Å². The molecule has 0 atom stereocenters. The average Bonchev–Trinajstić information content (AvgIpc) is 2.90. The van der Waals surface area contributed by atoms with Crippen molar-refractivity contribution in [3.8, 4) is 0 Å². The van der Waals surface area contributed by atoms with Gasteiger partial charge in [-0.2, -0.15) is 5.10 Å². The fourth-order valence-corrected chi connectivity index (χ4v) is 2.80. The minimum Gasteiger partial charge on any atom is -0.481 e. The van der Waals surface area contributed by atoms with Crippen molar-refractivity contribution >= 4 is 17.7 Å². The largest absolute Gasteiger partial charge is 0.481 e. The molecule has 0 bridgehead atoms. The molecule has 7 nitrogen and oxygen atoms in total. The molecular weight excluding hydrogens is 260 g/mol. The van der Waals surface area contributed by atoms with Gasteiger partial charge in [0.25, 0.3) is 0 Å². The van der Waals surface area contributed by atoms with E-state index < -0.39 is 5.97 Å². The summed E-state index contributed by atoms with van der Waals surface area (Å²) in [4.78, 5) is 22.8. The number of amides is 2. The molecule has 1 saturated carbocycles. The highest BCUT2D eigenvalue weighted by molar-refractivity contribution is 5.88. The lowest BCUT2D eigenvalue weighted by atomic mass is 9.72. The smallest absolute Gasteiger partial charge is 0.319 e. The van der Waals surface area contributed by atoms with Crippen molar-refractivity contribution in [3.05, 3.63) is 12.4 Å². The first-order valence-electron chi connectivity index (χ1n) is 6.85. The fraction of sp³-hybridized carbons (Fsp3) is 0.615. The van der Waals surface area contributed by atoms with E-state index in [-0.39, 0.29) is 17.9 Å². The van der Waals surface area contributed by atoms with Gasteiger partial charge >= 0.3 is 12.0 Å². The van der Waals surface area contributed by atoms with Gasteiger partial charge in [0.15, 0.2) is 0 Å². The van der Waals surface area contributed by atoms with Crippen molar-refractivity contribution in [1.82, 2.24) is 15.5 Å². The number of aromatic amines is 1. The molecule has 7 heteroatoms. The summed E-state index contributed by atoms with van der Waals surface area (Å²) in [7, 11) is 0. The molecule has 1 aliphatic carbocycles. The minimum atomic E-state index is -0.802. The van der Waals surface area contributed by atoms with Crippen molar-refractivity contribution in [2.45, 2.75) is 38.5 Å². The SMILES string of the molecule is O=C(O)CC1(CNC(=O)Nc2cn[nH]c2)CCCCC1. The molecule has 0 aliphatic heterocycles. The molecule has 0 unspecified atom stereocenters. The third-order valence-corrected chi connectivity index (χ3v) is 3.82. The number of urea groups is 1. The summed E-state index contributed by atoms with van der Waals surface area (Å²) in [5.41, 5.74) is 0.274. The minimum absolute atomic E-state index is 0.110. The number of H-pyrrole nitrogens is 1. The number of carbonyl (C=O) groups excluding carboxylic acids is 1. The van der Waals surface area contributed by atoms with E-state index >= 15 is 0 Å². The predicted molar refractivity (Wildman–Crippen MR) is 73.4 cm³/mol. The highest BCUT2D eigenvalue weighted by atomic mass is 16.4. The molecular formula is C13H20N4O3. The molecule has 1 aromatic heterocycles. The second-order valence-electron chi connectivity index (χ2n) is 5.43. The molecule has 1 aromatic rings. The van der Waals surface area contributed by atoms with Gasteiger partial charge in [0.1, 0.15) is 0 Å². The van der Waals surface area contributed by atoms with Crippen molar-refractivity contribution in [2.24, 2.45) is 5.41 Å². The molecule has 0 spiro atoms. The Morgan fingerprint density at radius 1 is 1.35 bits per heavy atom. The lowest BCUT2D eigenvalue weighted by molar-refractivity contribution is -0.140. The van der Waals surface area contributed by atoms with Gasteiger partial charge < -0.3 is 15.7 Å². The van der Waals surface area contributed by atoms with Crippen LogP contribution in [-0.4, -0.2) is 33.8 Å². The van der Waals surface area contributed by atoms with E-state index in [4.69, 9.17) is 5.11 Å². The maximum absolute atomic E-state index is 11.8. The average molecular weight is 280 g/mol. The second-order valence-corrected chi connectivity index (χ2v) is 5.43. The highest BCUT2D eigenvalue weighted by Crippen LogP contribution is 2.38. The molecule has 110 valence electrons. The summed E-state index contributed by atoms with van der Waals surface area (Å²) in [5, 5.41) is 20.8. The van der Waals surface area contributed by atoms with Crippen LogP contribution in [0.3, 0.4) is 0 Å². The molecule has 0 saturated heterocycles. The number of anilines is 1. The van der Waals surface area contributed by atoms with Crippen LogP contribution in [0.2, 0.25) is 0 Å². The van der Waals surface area contributed by atoms with Gasteiger partial charge in [-0.3, -0.25) is 9.89 Å². The molecule has 1 aliphatic rings. The van der Waals surface area contributed by atoms with Gasteiger partial charge in [-0.25, -0.2) is 4.79 Å². The van der Waals surface area contributed by atoms with Crippen molar-refractivity contribution in [1.29, 1.82) is 0 Å². The Morgan fingerprint density at radius 3 is 2.70 bits per heavy atom. The molecule has 20 heavy (non-hydrogen) atoms. The number of rotatable bonds is 5. The maximum Gasteiger partial charge on any atom is 0.319 e. The fourth-order valence-electron chi connectivity index (χ4n) is 2.80. The summed E-state index contributed by atoms with van der Waals surface area (Å²) in [6, 6.07) is -0.332. The van der Waals surface area contributed by atoms with Crippen LogP contribution in [0, 0.1) is 5.41 Å². The summed E-state index contributed by atoms with van der Waals surface area (Å²) in [6.45, 7) is 0.392. The second kappa shape index (κ2) is 6.40. The monoisotopic (exact) mass is 280 g/mol. The topological polar surface area (TPSA) is 107 Å². The van der Waals surface area contributed by atoms with Gasteiger partial charge in [-0.1, -0.05) is 19.3 Å². The maximum atomic E-state index is 11.8. The summed E-state index contributed by atoms with van der Waals surface area (Å²) >= 11 is 0. The van der Waals surface area contributed by atoms with E-state index in [0.717, 1.165) is 32.1 Å². The number of carbonyl (C=O) groups is 2. The predicted octanol–water partition coefficient (Wildman–Crippen LogP) is 1.96. The molecule has 1 fully saturated rings. The Labute approximate surface area is 117 Å². The van der Waals surface area contributed by atoms with Crippen LogP contribution in [0.1, 0.15) is 38.5 Å². The van der Waals surface area contributed by atoms with Crippen LogP contribution in [-0.2, 0) is 4.79 Å². The van der Waals surface area contributed by atoms with E-state index in [1.807, 2.05) is 0 Å².